The van der Waals surface area contributed by atoms with Gasteiger partial charge >= 0.3 is 6.18 Å². The largest absolute Gasteiger partial charge is 0.391 e. The molecule has 0 aromatic heterocycles. The van der Waals surface area contributed by atoms with Gasteiger partial charge in [-0.15, -0.1) is 0 Å². The Labute approximate surface area is 169 Å². The lowest BCUT2D eigenvalue weighted by Gasteiger charge is -2.48. The number of aryl methyl sites for hydroxylation is 1. The molecule has 1 N–H and O–H groups in total. The summed E-state index contributed by atoms with van der Waals surface area (Å²) in [4.78, 5) is 23.9. The number of rotatable bonds is 3. The van der Waals surface area contributed by atoms with Crippen molar-refractivity contribution in [3.8, 4) is 0 Å². The van der Waals surface area contributed by atoms with Gasteiger partial charge in [-0.2, -0.15) is 13.2 Å². The Morgan fingerprint density at radius 2 is 2.00 bits per heavy atom. The lowest BCUT2D eigenvalue weighted by atomic mass is 9.55. The first-order valence-electron chi connectivity index (χ1n) is 10.6. The van der Waals surface area contributed by atoms with E-state index in [2.05, 4.69) is 12.2 Å². The summed E-state index contributed by atoms with van der Waals surface area (Å²) < 4.78 is 39.0. The molecule has 0 radical (unpaired) electrons. The van der Waals surface area contributed by atoms with Crippen LogP contribution in [0.3, 0.4) is 0 Å². The maximum absolute atomic E-state index is 13.0. The van der Waals surface area contributed by atoms with Crippen molar-refractivity contribution in [3.05, 3.63) is 34.9 Å². The third kappa shape index (κ3) is 3.71. The molecular weight excluding hydrogens is 379 g/mol. The molecule has 158 valence electrons. The maximum Gasteiger partial charge on any atom is 0.391 e. The van der Waals surface area contributed by atoms with Crippen LogP contribution in [0, 0.1) is 17.3 Å². The Morgan fingerprint density at radius 1 is 1.24 bits per heavy atom. The second kappa shape index (κ2) is 7.13. The smallest absolute Gasteiger partial charge is 0.349 e. The van der Waals surface area contributed by atoms with E-state index in [4.69, 9.17) is 0 Å². The van der Waals surface area contributed by atoms with Crippen LogP contribution in [0.15, 0.2) is 18.2 Å². The summed E-state index contributed by atoms with van der Waals surface area (Å²) in [5.41, 5.74) is 2.68. The lowest BCUT2D eigenvalue weighted by molar-refractivity contribution is -0.142. The van der Waals surface area contributed by atoms with Crippen LogP contribution in [-0.4, -0.2) is 17.9 Å². The molecule has 3 nitrogen and oxygen atoms in total. The fraction of sp³-hybridized carbons (Fsp3) is 0.652. The summed E-state index contributed by atoms with van der Waals surface area (Å²) in [6.45, 7) is 3.38. The van der Waals surface area contributed by atoms with Gasteiger partial charge < -0.3 is 5.32 Å². The molecule has 6 heteroatoms. The molecule has 0 bridgehead atoms. The van der Waals surface area contributed by atoms with Crippen LogP contribution in [0.1, 0.15) is 81.0 Å². The molecular formula is C23H28F3NO2. The molecule has 5 atom stereocenters. The number of alkyl halides is 3. The molecule has 4 rings (SSSR count). The summed E-state index contributed by atoms with van der Waals surface area (Å²) in [5.74, 6) is 1.25. The Balaban J connectivity index is 1.61. The van der Waals surface area contributed by atoms with Crippen molar-refractivity contribution in [1.29, 1.82) is 0 Å². The van der Waals surface area contributed by atoms with Crippen LogP contribution in [-0.2, 0) is 16.0 Å². The minimum absolute atomic E-state index is 0.179. The summed E-state index contributed by atoms with van der Waals surface area (Å²) in [7, 11) is 0. The molecule has 0 aliphatic heterocycles. The maximum atomic E-state index is 13.0. The van der Waals surface area contributed by atoms with Crippen LogP contribution >= 0.6 is 0 Å². The number of fused-ring (bicyclic) bond motifs is 5. The minimum atomic E-state index is -4.35. The van der Waals surface area contributed by atoms with Gasteiger partial charge in [-0.1, -0.05) is 25.1 Å². The van der Waals surface area contributed by atoms with E-state index in [-0.39, 0.29) is 5.41 Å². The highest BCUT2D eigenvalue weighted by molar-refractivity contribution is 5.87. The van der Waals surface area contributed by atoms with Crippen molar-refractivity contribution in [2.75, 3.05) is 0 Å². The number of ketones is 1. The van der Waals surface area contributed by atoms with Gasteiger partial charge in [0.1, 0.15) is 5.78 Å². The predicted octanol–water partition coefficient (Wildman–Crippen LogP) is 5.24. The van der Waals surface area contributed by atoms with E-state index in [1.807, 2.05) is 12.1 Å². The van der Waals surface area contributed by atoms with Crippen molar-refractivity contribution >= 4 is 11.7 Å². The van der Waals surface area contributed by atoms with Gasteiger partial charge in [0.2, 0.25) is 5.91 Å². The molecule has 1 amide bonds. The van der Waals surface area contributed by atoms with Crippen LogP contribution in [0.5, 0.6) is 0 Å². The van der Waals surface area contributed by atoms with Gasteiger partial charge in [0, 0.05) is 18.8 Å². The SMILES string of the molecule is CC(=O)NC(CC(F)(F)F)c1ccc2c(c1)CC[C@@H]1[C@@H]2CC[C@]2(C)C(=O)CC[C@@H]12. The summed E-state index contributed by atoms with van der Waals surface area (Å²) in [6, 6.07) is 4.54. The number of hydrogen-bond acceptors (Lipinski definition) is 2. The van der Waals surface area contributed by atoms with E-state index in [0.717, 1.165) is 37.7 Å². The first-order chi connectivity index (χ1) is 13.6. The van der Waals surface area contributed by atoms with E-state index < -0.39 is 24.5 Å². The highest BCUT2D eigenvalue weighted by Gasteiger charge is 2.54. The van der Waals surface area contributed by atoms with E-state index in [1.165, 1.54) is 12.5 Å². The number of Topliss-reactive ketones (excluding diaryl/α,β-unsaturated/α-hetero) is 1. The monoisotopic (exact) mass is 407 g/mol. The molecule has 3 aliphatic carbocycles. The predicted molar refractivity (Wildman–Crippen MR) is 103 cm³/mol. The molecule has 1 unspecified atom stereocenters. The lowest BCUT2D eigenvalue weighted by Crippen LogP contribution is -2.42. The highest BCUT2D eigenvalue weighted by Crippen LogP contribution is 2.59. The molecule has 29 heavy (non-hydrogen) atoms. The van der Waals surface area contributed by atoms with Gasteiger partial charge in [0.15, 0.2) is 0 Å². The van der Waals surface area contributed by atoms with Crippen LogP contribution in [0.2, 0.25) is 0 Å². The van der Waals surface area contributed by atoms with E-state index >= 15 is 0 Å². The first-order valence-corrected chi connectivity index (χ1v) is 10.6. The van der Waals surface area contributed by atoms with E-state index in [0.29, 0.717) is 35.5 Å². The number of benzene rings is 1. The summed E-state index contributed by atoms with van der Waals surface area (Å²) in [6.07, 6.45) is -0.0828. The quantitative estimate of drug-likeness (QED) is 0.745. The molecule has 1 aromatic rings. The number of hydrogen-bond donors (Lipinski definition) is 1. The number of carbonyl (C=O) groups is 2. The third-order valence-electron chi connectivity index (χ3n) is 7.68. The van der Waals surface area contributed by atoms with E-state index in [1.54, 1.807) is 6.07 Å². The van der Waals surface area contributed by atoms with Gasteiger partial charge in [0.05, 0.1) is 12.5 Å². The molecule has 0 saturated heterocycles. The number of halogens is 3. The minimum Gasteiger partial charge on any atom is -0.349 e. The van der Waals surface area contributed by atoms with Gasteiger partial charge in [-0.25, -0.2) is 0 Å². The zero-order valence-electron chi connectivity index (χ0n) is 16.9. The Bertz CT molecular complexity index is 834. The van der Waals surface area contributed by atoms with Crippen molar-refractivity contribution in [2.24, 2.45) is 17.3 Å². The average Bonchev–Trinajstić information content (AvgIpc) is 2.94. The van der Waals surface area contributed by atoms with Crippen LogP contribution in [0.25, 0.3) is 0 Å². The average molecular weight is 407 g/mol. The Hall–Kier alpha value is -1.85. The van der Waals surface area contributed by atoms with E-state index in [9.17, 15) is 22.8 Å². The van der Waals surface area contributed by atoms with Gasteiger partial charge in [0.25, 0.3) is 0 Å². The Kier molecular flexibility index (Phi) is 5.02. The van der Waals surface area contributed by atoms with Crippen LogP contribution < -0.4 is 5.32 Å². The summed E-state index contributed by atoms with van der Waals surface area (Å²) >= 11 is 0. The first kappa shape index (κ1) is 20.4. The molecule has 2 saturated carbocycles. The van der Waals surface area contributed by atoms with Crippen molar-refractivity contribution < 1.29 is 22.8 Å². The van der Waals surface area contributed by atoms with Crippen LogP contribution in [0.4, 0.5) is 13.2 Å². The second-order valence-corrected chi connectivity index (χ2v) is 9.36. The molecule has 2 fully saturated rings. The highest BCUT2D eigenvalue weighted by atomic mass is 19.4. The molecule has 0 heterocycles. The fourth-order valence-electron chi connectivity index (χ4n) is 6.32. The zero-order chi connectivity index (χ0) is 21.0. The topological polar surface area (TPSA) is 46.2 Å². The number of amides is 1. The number of nitrogens with one attached hydrogen (secondary N) is 1. The second-order valence-electron chi connectivity index (χ2n) is 9.36. The molecule has 1 aromatic carbocycles. The van der Waals surface area contributed by atoms with Crippen molar-refractivity contribution in [2.45, 2.75) is 76.9 Å². The normalized spacial score (nSPS) is 32.2. The zero-order valence-corrected chi connectivity index (χ0v) is 16.9. The Morgan fingerprint density at radius 3 is 2.69 bits per heavy atom. The standard InChI is InChI=1S/C23H28F3NO2/c1-13(28)27-20(12-23(24,25)26)15-4-5-16-14(11-15)3-6-18-17(16)9-10-22(2)19(18)7-8-21(22)29/h4-5,11,17-20H,3,6-10,12H2,1-2H3,(H,27,28)/t17-,18-,19+,20?,22+/m1/s1. The molecule has 3 aliphatic rings. The van der Waals surface area contributed by atoms with Gasteiger partial charge in [-0.3, -0.25) is 9.59 Å². The fourth-order valence-corrected chi connectivity index (χ4v) is 6.32. The van der Waals surface area contributed by atoms with Gasteiger partial charge in [-0.05, 0) is 66.5 Å². The third-order valence-corrected chi connectivity index (χ3v) is 7.68. The summed E-state index contributed by atoms with van der Waals surface area (Å²) in [5, 5.41) is 2.46. The molecule has 0 spiro atoms. The van der Waals surface area contributed by atoms with Crippen molar-refractivity contribution in [1.82, 2.24) is 5.32 Å². The van der Waals surface area contributed by atoms with Crippen molar-refractivity contribution in [3.63, 3.8) is 0 Å². The number of carbonyl (C=O) groups excluding carboxylic acids is 2.